The average Bonchev–Trinajstić information content (AvgIpc) is 2.87. The molecule has 0 aromatic heterocycles. The van der Waals surface area contributed by atoms with E-state index < -0.39 is 36.0 Å². The van der Waals surface area contributed by atoms with Crippen LogP contribution in [0.5, 0.6) is 0 Å². The lowest BCUT2D eigenvalue weighted by Gasteiger charge is -2.37. The van der Waals surface area contributed by atoms with Crippen molar-refractivity contribution in [1.29, 1.82) is 0 Å². The molecule has 1 atom stereocenters. The first kappa shape index (κ1) is 25.2. The topological polar surface area (TPSA) is 105 Å². The summed E-state index contributed by atoms with van der Waals surface area (Å²) < 4.78 is 4.81. The quantitative estimate of drug-likeness (QED) is 0.304. The highest BCUT2D eigenvalue weighted by Crippen LogP contribution is 2.37. The van der Waals surface area contributed by atoms with Crippen LogP contribution in [-0.2, 0) is 19.9 Å². The van der Waals surface area contributed by atoms with Crippen LogP contribution < -0.4 is 10.6 Å². The summed E-state index contributed by atoms with van der Waals surface area (Å²) in [5.74, 6) is -1.91. The summed E-state index contributed by atoms with van der Waals surface area (Å²) in [4.78, 5) is 37.1. The van der Waals surface area contributed by atoms with E-state index in [4.69, 9.17) is 4.74 Å². The van der Waals surface area contributed by atoms with Crippen LogP contribution in [0.4, 0.5) is 4.79 Å². The molecule has 0 aliphatic rings. The van der Waals surface area contributed by atoms with Gasteiger partial charge in [-0.3, -0.25) is 4.79 Å². The SMILES string of the molecule is C=CCOC(=O)N[C@@H](CC(=O)NC(c1ccccc1)(c1ccccc1)c1ccc(C)cc1)C(=O)O. The molecule has 0 spiro atoms. The van der Waals surface area contributed by atoms with Crippen molar-refractivity contribution in [3.63, 3.8) is 0 Å². The molecule has 0 aliphatic carbocycles. The Hall–Kier alpha value is -4.39. The van der Waals surface area contributed by atoms with E-state index in [1.165, 1.54) is 6.08 Å². The van der Waals surface area contributed by atoms with Crippen LogP contribution in [0.3, 0.4) is 0 Å². The number of hydrogen-bond donors (Lipinski definition) is 3. The number of hydrogen-bond acceptors (Lipinski definition) is 4. The van der Waals surface area contributed by atoms with Crippen LogP contribution in [0.25, 0.3) is 0 Å². The van der Waals surface area contributed by atoms with Crippen molar-refractivity contribution in [2.75, 3.05) is 6.61 Å². The molecule has 0 fully saturated rings. The first-order valence-electron chi connectivity index (χ1n) is 11.1. The summed E-state index contributed by atoms with van der Waals surface area (Å²) in [6, 6.07) is 25.2. The lowest BCUT2D eigenvalue weighted by Crippen LogP contribution is -2.51. The molecule has 0 radical (unpaired) electrons. The Balaban J connectivity index is 2.03. The average molecular weight is 473 g/mol. The third-order valence-corrected chi connectivity index (χ3v) is 5.54. The smallest absolute Gasteiger partial charge is 0.408 e. The number of aryl methyl sites for hydroxylation is 1. The molecule has 3 aromatic carbocycles. The second kappa shape index (κ2) is 11.7. The number of nitrogens with one attached hydrogen (secondary N) is 2. The largest absolute Gasteiger partial charge is 0.480 e. The van der Waals surface area contributed by atoms with Crippen molar-refractivity contribution in [2.24, 2.45) is 0 Å². The second-order valence-electron chi connectivity index (χ2n) is 8.02. The first-order valence-corrected chi connectivity index (χ1v) is 11.1. The molecule has 35 heavy (non-hydrogen) atoms. The second-order valence-corrected chi connectivity index (χ2v) is 8.02. The van der Waals surface area contributed by atoms with E-state index in [0.717, 1.165) is 22.3 Å². The highest BCUT2D eigenvalue weighted by molar-refractivity contribution is 5.88. The maximum absolute atomic E-state index is 13.4. The normalized spacial score (nSPS) is 11.7. The Bertz CT molecular complexity index is 1120. The Morgan fingerprint density at radius 3 is 1.91 bits per heavy atom. The summed E-state index contributed by atoms with van der Waals surface area (Å²) >= 11 is 0. The van der Waals surface area contributed by atoms with Gasteiger partial charge in [-0.1, -0.05) is 103 Å². The predicted octanol–water partition coefficient (Wildman–Crippen LogP) is 4.16. The van der Waals surface area contributed by atoms with Gasteiger partial charge in [0.1, 0.15) is 18.2 Å². The van der Waals surface area contributed by atoms with Crippen LogP contribution in [0, 0.1) is 6.92 Å². The zero-order valence-electron chi connectivity index (χ0n) is 19.4. The first-order chi connectivity index (χ1) is 16.9. The summed E-state index contributed by atoms with van der Waals surface area (Å²) in [6.45, 7) is 5.34. The molecule has 3 N–H and O–H groups in total. The van der Waals surface area contributed by atoms with Crippen molar-refractivity contribution in [3.05, 3.63) is 120 Å². The van der Waals surface area contributed by atoms with Gasteiger partial charge in [-0.2, -0.15) is 0 Å². The Labute approximate surface area is 204 Å². The van der Waals surface area contributed by atoms with Gasteiger partial charge in [0.2, 0.25) is 5.91 Å². The molecule has 0 bridgehead atoms. The third-order valence-electron chi connectivity index (χ3n) is 5.54. The van der Waals surface area contributed by atoms with E-state index in [1.807, 2.05) is 91.9 Å². The highest BCUT2D eigenvalue weighted by atomic mass is 16.5. The standard InChI is InChI=1S/C28H28N2O5/c1-3-18-35-27(34)29-24(26(32)33)19-25(31)30-28(21-10-6-4-7-11-21,22-12-8-5-9-13-22)23-16-14-20(2)15-17-23/h3-17,24H,1,18-19H2,2H3,(H,29,34)(H,30,31)(H,32,33)/t24-/m0/s1. The maximum atomic E-state index is 13.4. The van der Waals surface area contributed by atoms with E-state index in [1.54, 1.807) is 0 Å². The Kier molecular flexibility index (Phi) is 8.40. The van der Waals surface area contributed by atoms with Crippen LogP contribution in [-0.4, -0.2) is 35.7 Å². The lowest BCUT2D eigenvalue weighted by atomic mass is 9.76. The molecule has 3 aromatic rings. The number of alkyl carbamates (subject to hydrolysis) is 1. The monoisotopic (exact) mass is 472 g/mol. The van der Waals surface area contributed by atoms with Crippen LogP contribution in [0.15, 0.2) is 97.6 Å². The van der Waals surface area contributed by atoms with Gasteiger partial charge in [0, 0.05) is 0 Å². The fourth-order valence-corrected chi connectivity index (χ4v) is 3.86. The van der Waals surface area contributed by atoms with Gasteiger partial charge in [-0.05, 0) is 23.6 Å². The van der Waals surface area contributed by atoms with Crippen molar-refractivity contribution in [1.82, 2.24) is 10.6 Å². The van der Waals surface area contributed by atoms with Crippen molar-refractivity contribution < 1.29 is 24.2 Å². The van der Waals surface area contributed by atoms with Gasteiger partial charge < -0.3 is 20.5 Å². The summed E-state index contributed by atoms with van der Waals surface area (Å²) in [6.07, 6.45) is -0.0789. The number of ether oxygens (including phenoxy) is 1. The third kappa shape index (κ3) is 6.14. The Morgan fingerprint density at radius 1 is 0.914 bits per heavy atom. The minimum Gasteiger partial charge on any atom is -0.480 e. The fourth-order valence-electron chi connectivity index (χ4n) is 3.86. The van der Waals surface area contributed by atoms with Gasteiger partial charge in [-0.15, -0.1) is 0 Å². The van der Waals surface area contributed by atoms with Crippen LogP contribution in [0.2, 0.25) is 0 Å². The van der Waals surface area contributed by atoms with Crippen molar-refractivity contribution in [3.8, 4) is 0 Å². The molecular weight excluding hydrogens is 444 g/mol. The van der Waals surface area contributed by atoms with Crippen LogP contribution >= 0.6 is 0 Å². The molecule has 0 unspecified atom stereocenters. The molecule has 0 heterocycles. The summed E-state index contributed by atoms with van der Waals surface area (Å²) in [5.41, 5.74) is 2.37. The van der Waals surface area contributed by atoms with Gasteiger partial charge in [0.05, 0.1) is 6.42 Å². The van der Waals surface area contributed by atoms with Crippen molar-refractivity contribution in [2.45, 2.75) is 24.9 Å². The minimum absolute atomic E-state index is 0.0804. The number of carbonyl (C=O) groups excluding carboxylic acids is 2. The van der Waals surface area contributed by atoms with E-state index in [9.17, 15) is 19.5 Å². The number of carboxylic acid groups (broad SMARTS) is 1. The number of amides is 2. The number of carboxylic acids is 1. The van der Waals surface area contributed by atoms with Gasteiger partial charge in [0.15, 0.2) is 0 Å². The maximum Gasteiger partial charge on any atom is 0.408 e. The van der Waals surface area contributed by atoms with Crippen molar-refractivity contribution >= 4 is 18.0 Å². The molecule has 7 nitrogen and oxygen atoms in total. The zero-order valence-corrected chi connectivity index (χ0v) is 19.4. The van der Waals surface area contributed by atoms with E-state index in [0.29, 0.717) is 0 Å². The highest BCUT2D eigenvalue weighted by Gasteiger charge is 2.38. The molecule has 0 saturated carbocycles. The number of aliphatic carboxylic acids is 1. The van der Waals surface area contributed by atoms with E-state index in [-0.39, 0.29) is 6.61 Å². The lowest BCUT2D eigenvalue weighted by molar-refractivity contribution is -0.141. The molecule has 7 heteroatoms. The van der Waals surface area contributed by atoms with Gasteiger partial charge in [-0.25, -0.2) is 9.59 Å². The van der Waals surface area contributed by atoms with Gasteiger partial charge >= 0.3 is 12.1 Å². The minimum atomic E-state index is -1.48. The molecular formula is C28H28N2O5. The van der Waals surface area contributed by atoms with E-state index >= 15 is 0 Å². The summed E-state index contributed by atoms with van der Waals surface area (Å²) in [7, 11) is 0. The molecule has 180 valence electrons. The number of benzene rings is 3. The van der Waals surface area contributed by atoms with Gasteiger partial charge in [0.25, 0.3) is 0 Å². The predicted molar refractivity (Wildman–Crippen MR) is 133 cm³/mol. The van der Waals surface area contributed by atoms with Crippen LogP contribution in [0.1, 0.15) is 28.7 Å². The summed E-state index contributed by atoms with van der Waals surface area (Å²) in [5, 5.41) is 14.9. The zero-order chi connectivity index (χ0) is 25.3. The fraction of sp³-hybridized carbons (Fsp3) is 0.179. The molecule has 2 amide bonds. The molecule has 0 saturated heterocycles. The molecule has 3 rings (SSSR count). The Morgan fingerprint density at radius 2 is 1.43 bits per heavy atom. The number of rotatable bonds is 10. The van der Waals surface area contributed by atoms with E-state index in [2.05, 4.69) is 17.2 Å². The number of carbonyl (C=O) groups is 3. The molecule has 0 aliphatic heterocycles.